The first-order valence-electron chi connectivity index (χ1n) is 6.54. The van der Waals surface area contributed by atoms with Crippen LogP contribution in [0.1, 0.15) is 22.7 Å². The number of benzene rings is 2. The van der Waals surface area contributed by atoms with Gasteiger partial charge in [-0.15, -0.1) is 0 Å². The van der Waals surface area contributed by atoms with Gasteiger partial charge in [0.2, 0.25) is 0 Å². The maximum absolute atomic E-state index is 6.33. The molecule has 0 aromatic heterocycles. The molecule has 0 bridgehead atoms. The molecule has 3 N–H and O–H groups in total. The molecule has 1 unspecified atom stereocenters. The number of rotatable bonds is 5. The third-order valence-electron chi connectivity index (χ3n) is 3.37. The molecule has 21 heavy (non-hydrogen) atoms. The third kappa shape index (κ3) is 3.29. The predicted octanol–water partition coefficient (Wildman–Crippen LogP) is 3.22. The summed E-state index contributed by atoms with van der Waals surface area (Å²) in [5.74, 6) is 7.05. The van der Waals surface area contributed by atoms with Gasteiger partial charge in [-0.05, 0) is 41.8 Å². The minimum Gasteiger partial charge on any atom is -0.493 e. The van der Waals surface area contributed by atoms with Gasteiger partial charge < -0.3 is 9.47 Å². The van der Waals surface area contributed by atoms with E-state index in [9.17, 15) is 0 Å². The fraction of sp³-hybridized carbons (Fsp3) is 0.250. The minimum atomic E-state index is -0.224. The van der Waals surface area contributed by atoms with E-state index in [1.807, 2.05) is 43.3 Å². The molecule has 0 saturated carbocycles. The Morgan fingerprint density at radius 1 is 1.05 bits per heavy atom. The maximum atomic E-state index is 6.33. The van der Waals surface area contributed by atoms with E-state index in [0.29, 0.717) is 16.5 Å². The lowest BCUT2D eigenvalue weighted by molar-refractivity contribution is 0.354. The van der Waals surface area contributed by atoms with Gasteiger partial charge in [0.05, 0.1) is 20.3 Å². The summed E-state index contributed by atoms with van der Waals surface area (Å²) in [5.41, 5.74) is 5.77. The standard InChI is InChI=1S/C16H19ClN2O2/c1-10-4-6-12(13(17)8-10)16(19-18)11-5-7-14(20-2)15(9-11)21-3/h4-9,16,19H,18H2,1-3H3. The van der Waals surface area contributed by atoms with Crippen molar-refractivity contribution < 1.29 is 9.47 Å². The minimum absolute atomic E-state index is 0.224. The SMILES string of the molecule is COc1ccc(C(NN)c2ccc(C)cc2Cl)cc1OC. The van der Waals surface area contributed by atoms with E-state index in [4.69, 9.17) is 26.9 Å². The maximum Gasteiger partial charge on any atom is 0.161 e. The highest BCUT2D eigenvalue weighted by atomic mass is 35.5. The summed E-state index contributed by atoms with van der Waals surface area (Å²) < 4.78 is 10.6. The molecule has 0 radical (unpaired) electrons. The largest absolute Gasteiger partial charge is 0.493 e. The highest BCUT2D eigenvalue weighted by Gasteiger charge is 2.17. The molecule has 2 aromatic rings. The van der Waals surface area contributed by atoms with Crippen molar-refractivity contribution in [2.24, 2.45) is 5.84 Å². The van der Waals surface area contributed by atoms with Crippen LogP contribution in [0.2, 0.25) is 5.02 Å². The monoisotopic (exact) mass is 306 g/mol. The molecule has 0 aliphatic carbocycles. The molecule has 4 nitrogen and oxygen atoms in total. The highest BCUT2D eigenvalue weighted by Crippen LogP contribution is 2.34. The first kappa shape index (κ1) is 15.6. The van der Waals surface area contributed by atoms with E-state index in [1.165, 1.54) is 0 Å². The highest BCUT2D eigenvalue weighted by molar-refractivity contribution is 6.31. The molecular formula is C16H19ClN2O2. The number of halogens is 1. The van der Waals surface area contributed by atoms with Crippen molar-refractivity contribution in [1.82, 2.24) is 5.43 Å². The molecular weight excluding hydrogens is 288 g/mol. The average Bonchev–Trinajstić information content (AvgIpc) is 2.49. The van der Waals surface area contributed by atoms with E-state index in [0.717, 1.165) is 16.7 Å². The molecule has 1 atom stereocenters. The second-order valence-electron chi connectivity index (χ2n) is 4.74. The van der Waals surface area contributed by atoms with Crippen molar-refractivity contribution in [1.29, 1.82) is 0 Å². The second kappa shape index (κ2) is 6.80. The van der Waals surface area contributed by atoms with Crippen LogP contribution in [-0.2, 0) is 0 Å². The Balaban J connectivity index is 2.46. The fourth-order valence-corrected chi connectivity index (χ4v) is 2.61. The van der Waals surface area contributed by atoms with Crippen LogP contribution in [0.4, 0.5) is 0 Å². The Bertz CT molecular complexity index is 632. The van der Waals surface area contributed by atoms with Crippen LogP contribution >= 0.6 is 11.6 Å². The molecule has 2 aromatic carbocycles. The summed E-state index contributed by atoms with van der Waals surface area (Å²) in [5, 5.41) is 0.674. The lowest BCUT2D eigenvalue weighted by Crippen LogP contribution is -2.29. The van der Waals surface area contributed by atoms with Crippen LogP contribution in [0, 0.1) is 6.92 Å². The van der Waals surface area contributed by atoms with Crippen molar-refractivity contribution in [3.05, 3.63) is 58.1 Å². The molecule has 0 heterocycles. The van der Waals surface area contributed by atoms with Crippen molar-refractivity contribution in [3.63, 3.8) is 0 Å². The molecule has 2 rings (SSSR count). The number of hydrazine groups is 1. The number of hydrogen-bond acceptors (Lipinski definition) is 4. The first-order valence-corrected chi connectivity index (χ1v) is 6.92. The van der Waals surface area contributed by atoms with Gasteiger partial charge in [-0.25, -0.2) is 5.43 Å². The van der Waals surface area contributed by atoms with Crippen LogP contribution in [-0.4, -0.2) is 14.2 Å². The number of methoxy groups -OCH3 is 2. The Kier molecular flexibility index (Phi) is 5.07. The van der Waals surface area contributed by atoms with Gasteiger partial charge in [0, 0.05) is 5.02 Å². The first-order chi connectivity index (χ1) is 10.1. The Hall–Kier alpha value is -1.75. The van der Waals surface area contributed by atoms with Gasteiger partial charge in [-0.2, -0.15) is 0 Å². The molecule has 0 spiro atoms. The fourth-order valence-electron chi connectivity index (χ4n) is 2.26. The van der Waals surface area contributed by atoms with Gasteiger partial charge in [0.1, 0.15) is 0 Å². The van der Waals surface area contributed by atoms with Crippen LogP contribution in [0.15, 0.2) is 36.4 Å². The Morgan fingerprint density at radius 3 is 2.33 bits per heavy atom. The van der Waals surface area contributed by atoms with Gasteiger partial charge >= 0.3 is 0 Å². The molecule has 0 saturated heterocycles. The number of nitrogens with one attached hydrogen (secondary N) is 1. The summed E-state index contributed by atoms with van der Waals surface area (Å²) >= 11 is 6.33. The third-order valence-corrected chi connectivity index (χ3v) is 3.70. The van der Waals surface area contributed by atoms with Crippen molar-refractivity contribution >= 4 is 11.6 Å². The molecule has 0 aliphatic rings. The summed E-state index contributed by atoms with van der Waals surface area (Å²) in [7, 11) is 3.21. The number of aryl methyl sites for hydroxylation is 1. The molecule has 0 fully saturated rings. The molecule has 0 aliphatic heterocycles. The van der Waals surface area contributed by atoms with Gasteiger partial charge in [-0.1, -0.05) is 29.8 Å². The molecule has 5 heteroatoms. The van der Waals surface area contributed by atoms with E-state index in [-0.39, 0.29) is 6.04 Å². The van der Waals surface area contributed by atoms with Crippen molar-refractivity contribution in [3.8, 4) is 11.5 Å². The number of nitrogens with two attached hydrogens (primary N) is 1. The summed E-state index contributed by atoms with van der Waals surface area (Å²) in [6.07, 6.45) is 0. The normalized spacial score (nSPS) is 12.0. The van der Waals surface area contributed by atoms with E-state index < -0.39 is 0 Å². The Labute approximate surface area is 129 Å². The van der Waals surface area contributed by atoms with Crippen LogP contribution in [0.3, 0.4) is 0 Å². The zero-order valence-corrected chi connectivity index (χ0v) is 13.1. The quantitative estimate of drug-likeness (QED) is 0.658. The van der Waals surface area contributed by atoms with Gasteiger partial charge in [0.25, 0.3) is 0 Å². The molecule has 0 amide bonds. The summed E-state index contributed by atoms with van der Waals surface area (Å²) in [6, 6.07) is 11.3. The van der Waals surface area contributed by atoms with E-state index in [1.54, 1.807) is 14.2 Å². The van der Waals surface area contributed by atoms with Crippen molar-refractivity contribution in [2.45, 2.75) is 13.0 Å². The summed E-state index contributed by atoms with van der Waals surface area (Å²) in [6.45, 7) is 2.00. The number of ether oxygens (including phenoxy) is 2. The zero-order valence-electron chi connectivity index (χ0n) is 12.3. The van der Waals surface area contributed by atoms with Crippen LogP contribution < -0.4 is 20.7 Å². The number of hydrogen-bond donors (Lipinski definition) is 2. The van der Waals surface area contributed by atoms with Gasteiger partial charge in [0.15, 0.2) is 11.5 Å². The van der Waals surface area contributed by atoms with Crippen LogP contribution in [0.25, 0.3) is 0 Å². The second-order valence-corrected chi connectivity index (χ2v) is 5.15. The lowest BCUT2D eigenvalue weighted by atomic mass is 9.98. The topological polar surface area (TPSA) is 56.5 Å². The lowest BCUT2D eigenvalue weighted by Gasteiger charge is -2.20. The molecule has 112 valence electrons. The smallest absolute Gasteiger partial charge is 0.161 e. The van der Waals surface area contributed by atoms with Gasteiger partial charge in [-0.3, -0.25) is 5.84 Å². The summed E-state index contributed by atoms with van der Waals surface area (Å²) in [4.78, 5) is 0. The van der Waals surface area contributed by atoms with E-state index in [2.05, 4.69) is 5.43 Å². The van der Waals surface area contributed by atoms with E-state index >= 15 is 0 Å². The van der Waals surface area contributed by atoms with Crippen molar-refractivity contribution in [2.75, 3.05) is 14.2 Å². The zero-order chi connectivity index (χ0) is 15.4. The van der Waals surface area contributed by atoms with Crippen LogP contribution in [0.5, 0.6) is 11.5 Å². The Morgan fingerprint density at radius 2 is 1.76 bits per heavy atom. The predicted molar refractivity (Wildman–Crippen MR) is 84.9 cm³/mol. The average molecular weight is 307 g/mol.